The quantitative estimate of drug-likeness (QED) is 0.457. The Balaban J connectivity index is 1.56. The first-order valence-corrected chi connectivity index (χ1v) is 14.7. The number of hydrogen-bond donors (Lipinski definition) is 2. The average molecular weight is 586 g/mol. The average Bonchev–Trinajstić information content (AvgIpc) is 3.21. The summed E-state index contributed by atoms with van der Waals surface area (Å²) in [4.78, 5) is 26.8. The first-order valence-electron chi connectivity index (χ1n) is 12.9. The van der Waals surface area contributed by atoms with Gasteiger partial charge in [0.1, 0.15) is 5.82 Å². The van der Waals surface area contributed by atoms with Gasteiger partial charge in [-0.3, -0.25) is 13.9 Å². The number of anilines is 1. The molecule has 1 saturated heterocycles. The fourth-order valence-electron chi connectivity index (χ4n) is 5.85. The lowest BCUT2D eigenvalue weighted by atomic mass is 9.69. The Morgan fingerprint density at radius 2 is 1.75 bits per heavy atom. The normalized spacial score (nSPS) is 18.1. The van der Waals surface area contributed by atoms with Gasteiger partial charge >= 0.3 is 0 Å². The van der Waals surface area contributed by atoms with Crippen LogP contribution in [0.3, 0.4) is 0 Å². The summed E-state index contributed by atoms with van der Waals surface area (Å²) >= 11 is 6.23. The van der Waals surface area contributed by atoms with Crippen LogP contribution in [-0.2, 0) is 26.8 Å². The molecule has 2 heterocycles. The van der Waals surface area contributed by atoms with Crippen molar-refractivity contribution in [3.8, 4) is 0 Å². The monoisotopic (exact) mass is 585 g/mol. The third-order valence-electron chi connectivity index (χ3n) is 8.00. The van der Waals surface area contributed by atoms with E-state index in [1.54, 1.807) is 35.2 Å². The number of aliphatic hydroxyl groups is 1. The number of fused-ring (bicyclic) bond motifs is 2. The molecule has 0 bridgehead atoms. The molecule has 0 aromatic heterocycles. The molecule has 2 N–H and O–H groups in total. The first kappa shape index (κ1) is 28.1. The van der Waals surface area contributed by atoms with Gasteiger partial charge in [0.15, 0.2) is 0 Å². The number of hydrogen-bond acceptors (Lipinski definition) is 5. The molecule has 2 amide bonds. The highest BCUT2D eigenvalue weighted by Crippen LogP contribution is 2.53. The first-order chi connectivity index (χ1) is 19.1. The zero-order valence-electron chi connectivity index (χ0n) is 21.8. The molecule has 8 nitrogen and oxygen atoms in total. The number of aliphatic hydroxyl groups excluding tert-OH is 1. The van der Waals surface area contributed by atoms with E-state index in [0.29, 0.717) is 47.8 Å². The Morgan fingerprint density at radius 1 is 1.07 bits per heavy atom. The molecule has 2 aliphatic heterocycles. The van der Waals surface area contributed by atoms with Gasteiger partial charge in [0.05, 0.1) is 23.2 Å². The summed E-state index contributed by atoms with van der Waals surface area (Å²) in [5.41, 5.74) is 1.20. The van der Waals surface area contributed by atoms with Crippen LogP contribution in [0.4, 0.5) is 10.1 Å². The third kappa shape index (κ3) is 4.84. The number of piperidine rings is 1. The van der Waals surface area contributed by atoms with E-state index in [0.717, 1.165) is 17.7 Å². The fourth-order valence-corrected chi connectivity index (χ4v) is 7.78. The maximum atomic E-state index is 13.9. The van der Waals surface area contributed by atoms with Gasteiger partial charge in [0, 0.05) is 42.6 Å². The molecule has 1 fully saturated rings. The topological polar surface area (TPSA) is 107 Å². The SMILES string of the molecule is CC(=O)N1CCC2(CC1)c1cc(C(=O)NCc3ccccc3Cl)ccc1N(S(=O)(=O)c1ccc(F)cc1)C2CO. The van der Waals surface area contributed by atoms with Crippen molar-refractivity contribution in [1.29, 1.82) is 0 Å². The second-order valence-corrected chi connectivity index (χ2v) is 12.3. The lowest BCUT2D eigenvalue weighted by Gasteiger charge is -2.44. The fraction of sp³-hybridized carbons (Fsp3) is 0.310. The van der Waals surface area contributed by atoms with E-state index >= 15 is 0 Å². The molecule has 3 aromatic carbocycles. The van der Waals surface area contributed by atoms with E-state index in [-0.39, 0.29) is 23.3 Å². The van der Waals surface area contributed by atoms with E-state index < -0.39 is 33.9 Å². The molecular formula is C29H29ClFN3O5S. The molecular weight excluding hydrogens is 557 g/mol. The Labute approximate surface area is 237 Å². The predicted molar refractivity (Wildman–Crippen MR) is 149 cm³/mol. The summed E-state index contributed by atoms with van der Waals surface area (Å²) in [6, 6.07) is 15.6. The minimum atomic E-state index is -4.21. The number of likely N-dealkylation sites (tertiary alicyclic amines) is 1. The molecule has 0 radical (unpaired) electrons. The maximum absolute atomic E-state index is 13.9. The van der Waals surface area contributed by atoms with Gasteiger partial charge in [-0.05, 0) is 72.5 Å². The van der Waals surface area contributed by atoms with E-state index in [4.69, 9.17) is 11.6 Å². The van der Waals surface area contributed by atoms with Gasteiger partial charge < -0.3 is 15.3 Å². The number of nitrogens with one attached hydrogen (secondary N) is 1. The Hall–Kier alpha value is -3.47. The Morgan fingerprint density at radius 3 is 2.38 bits per heavy atom. The van der Waals surface area contributed by atoms with Gasteiger partial charge in [-0.2, -0.15) is 0 Å². The van der Waals surface area contributed by atoms with Crippen molar-refractivity contribution in [2.45, 2.75) is 42.7 Å². The Kier molecular flexibility index (Phi) is 7.60. The van der Waals surface area contributed by atoms with Crippen LogP contribution in [0, 0.1) is 5.82 Å². The summed E-state index contributed by atoms with van der Waals surface area (Å²) in [5.74, 6) is -1.02. The maximum Gasteiger partial charge on any atom is 0.264 e. The summed E-state index contributed by atoms with van der Waals surface area (Å²) in [6.45, 7) is 1.95. The van der Waals surface area contributed by atoms with Crippen molar-refractivity contribution in [2.24, 2.45) is 0 Å². The van der Waals surface area contributed by atoms with Crippen molar-refractivity contribution in [3.63, 3.8) is 0 Å². The second-order valence-electron chi connectivity index (χ2n) is 10.1. The highest BCUT2D eigenvalue weighted by Gasteiger charge is 2.55. The highest BCUT2D eigenvalue weighted by molar-refractivity contribution is 7.92. The van der Waals surface area contributed by atoms with Gasteiger partial charge in [0.2, 0.25) is 5.91 Å². The van der Waals surface area contributed by atoms with Gasteiger partial charge in [-0.15, -0.1) is 0 Å². The van der Waals surface area contributed by atoms with Crippen molar-refractivity contribution in [3.05, 3.63) is 94.3 Å². The number of carbonyl (C=O) groups is 2. The predicted octanol–water partition coefficient (Wildman–Crippen LogP) is 3.86. The molecule has 1 atom stereocenters. The van der Waals surface area contributed by atoms with Crippen LogP contribution in [0.5, 0.6) is 0 Å². The number of rotatable bonds is 6. The number of halogens is 2. The van der Waals surface area contributed by atoms with Gasteiger partial charge in [-0.25, -0.2) is 12.8 Å². The molecule has 0 aliphatic carbocycles. The minimum Gasteiger partial charge on any atom is -0.394 e. The lowest BCUT2D eigenvalue weighted by molar-refractivity contribution is -0.130. The summed E-state index contributed by atoms with van der Waals surface area (Å²) < 4.78 is 42.7. The molecule has 210 valence electrons. The number of sulfonamides is 1. The van der Waals surface area contributed by atoms with Crippen LogP contribution in [-0.4, -0.2) is 56.0 Å². The molecule has 40 heavy (non-hydrogen) atoms. The summed E-state index contributed by atoms with van der Waals surface area (Å²) in [5, 5.41) is 14.0. The third-order valence-corrected chi connectivity index (χ3v) is 10.2. The van der Waals surface area contributed by atoms with E-state index in [2.05, 4.69) is 5.32 Å². The van der Waals surface area contributed by atoms with Gasteiger partial charge in [-0.1, -0.05) is 29.8 Å². The number of nitrogens with zero attached hydrogens (tertiary/aromatic N) is 2. The highest BCUT2D eigenvalue weighted by atomic mass is 35.5. The van der Waals surface area contributed by atoms with Crippen LogP contribution < -0.4 is 9.62 Å². The zero-order valence-corrected chi connectivity index (χ0v) is 23.4. The van der Waals surface area contributed by atoms with Crippen molar-refractivity contribution in [1.82, 2.24) is 10.2 Å². The van der Waals surface area contributed by atoms with E-state index in [1.807, 2.05) is 12.1 Å². The second kappa shape index (κ2) is 10.8. The molecule has 5 rings (SSSR count). The van der Waals surface area contributed by atoms with E-state index in [9.17, 15) is 27.5 Å². The van der Waals surface area contributed by atoms with Crippen molar-refractivity contribution >= 4 is 39.1 Å². The molecule has 1 spiro atoms. The zero-order chi connectivity index (χ0) is 28.7. The van der Waals surface area contributed by atoms with E-state index in [1.165, 1.54) is 23.4 Å². The van der Waals surface area contributed by atoms with Crippen molar-refractivity contribution in [2.75, 3.05) is 24.0 Å². The van der Waals surface area contributed by atoms with Crippen LogP contribution in [0.15, 0.2) is 71.6 Å². The summed E-state index contributed by atoms with van der Waals surface area (Å²) in [6.07, 6.45) is 0.788. The number of carbonyl (C=O) groups excluding carboxylic acids is 2. The lowest BCUT2D eigenvalue weighted by Crippen LogP contribution is -2.54. The molecule has 3 aromatic rings. The van der Waals surface area contributed by atoms with Crippen molar-refractivity contribution < 1.29 is 27.5 Å². The molecule has 2 aliphatic rings. The van der Waals surface area contributed by atoms with Gasteiger partial charge in [0.25, 0.3) is 15.9 Å². The largest absolute Gasteiger partial charge is 0.394 e. The smallest absolute Gasteiger partial charge is 0.264 e. The molecule has 0 saturated carbocycles. The van der Waals surface area contributed by atoms with Crippen LogP contribution >= 0.6 is 11.6 Å². The van der Waals surface area contributed by atoms with Crippen LogP contribution in [0.2, 0.25) is 5.02 Å². The number of benzene rings is 3. The van der Waals surface area contributed by atoms with Crippen LogP contribution in [0.1, 0.15) is 41.3 Å². The molecule has 11 heteroatoms. The molecule has 1 unspecified atom stereocenters. The van der Waals surface area contributed by atoms with Crippen LogP contribution in [0.25, 0.3) is 0 Å². The minimum absolute atomic E-state index is 0.0860. The number of amides is 2. The summed E-state index contributed by atoms with van der Waals surface area (Å²) in [7, 11) is -4.21. The standard InChI is InChI=1S/C29H29ClFN3O5S/c1-19(36)33-14-12-29(13-15-33)24-16-20(28(37)32-17-21-4-2-3-5-25(21)30)6-11-26(24)34(27(29)18-35)40(38,39)23-9-7-22(31)8-10-23/h2-11,16,27,35H,12-15,17-18H2,1H3,(H,32,37). The Bertz CT molecular complexity index is 1560.